The second-order valence-corrected chi connectivity index (χ2v) is 4.10. The van der Waals surface area contributed by atoms with Crippen LogP contribution in [0.5, 0.6) is 0 Å². The number of aromatic nitrogens is 2. The van der Waals surface area contributed by atoms with E-state index in [9.17, 15) is 0 Å². The molecule has 0 amide bonds. The maximum atomic E-state index is 9.11. The van der Waals surface area contributed by atoms with Crippen molar-refractivity contribution in [3.63, 3.8) is 0 Å². The fraction of sp³-hybridized carbons (Fsp3) is 0.600. The van der Waals surface area contributed by atoms with Crippen LogP contribution in [0.2, 0.25) is 0 Å². The van der Waals surface area contributed by atoms with Gasteiger partial charge in [0.15, 0.2) is 0 Å². The molecule has 0 bridgehead atoms. The molecule has 1 aliphatic heterocycles. The smallest absolute Gasteiger partial charge is 0.148 e. The highest BCUT2D eigenvalue weighted by Crippen LogP contribution is 2.26. The summed E-state index contributed by atoms with van der Waals surface area (Å²) in [5, 5.41) is 9.11. The van der Waals surface area contributed by atoms with E-state index in [1.54, 1.807) is 0 Å². The number of aliphatic hydroxyl groups is 1. The third kappa shape index (κ3) is 1.94. The summed E-state index contributed by atoms with van der Waals surface area (Å²) in [6.45, 7) is 3.95. The van der Waals surface area contributed by atoms with Crippen LogP contribution in [-0.4, -0.2) is 34.8 Å². The van der Waals surface area contributed by atoms with Gasteiger partial charge in [-0.15, -0.1) is 0 Å². The van der Waals surface area contributed by atoms with Crippen LogP contribution < -0.4 is 16.2 Å². The quantitative estimate of drug-likeness (QED) is 0.489. The molecule has 0 spiro atoms. The van der Waals surface area contributed by atoms with Gasteiger partial charge < -0.3 is 15.4 Å². The van der Waals surface area contributed by atoms with Crippen molar-refractivity contribution in [1.29, 1.82) is 0 Å². The number of hydrogen-bond acceptors (Lipinski definition) is 6. The number of nitrogen functional groups attached to an aromatic ring is 1. The Hall–Kier alpha value is -1.40. The third-order valence-electron chi connectivity index (χ3n) is 3.04. The molecule has 16 heavy (non-hydrogen) atoms. The van der Waals surface area contributed by atoms with E-state index in [4.69, 9.17) is 10.9 Å². The zero-order valence-electron chi connectivity index (χ0n) is 9.35. The van der Waals surface area contributed by atoms with Gasteiger partial charge in [-0.05, 0) is 13.3 Å². The lowest BCUT2D eigenvalue weighted by atomic mass is 10.1. The summed E-state index contributed by atoms with van der Waals surface area (Å²) in [6.07, 6.45) is 2.51. The van der Waals surface area contributed by atoms with Crippen LogP contribution >= 0.6 is 0 Å². The van der Waals surface area contributed by atoms with Crippen molar-refractivity contribution in [1.82, 2.24) is 9.97 Å². The highest BCUT2D eigenvalue weighted by molar-refractivity contribution is 5.57. The molecule has 0 radical (unpaired) electrons. The van der Waals surface area contributed by atoms with Crippen LogP contribution in [0.15, 0.2) is 6.33 Å². The van der Waals surface area contributed by atoms with E-state index in [0.29, 0.717) is 11.7 Å². The lowest BCUT2D eigenvalue weighted by Crippen LogP contribution is -2.23. The zero-order valence-corrected chi connectivity index (χ0v) is 9.35. The molecule has 2 heterocycles. The third-order valence-corrected chi connectivity index (χ3v) is 3.04. The highest BCUT2D eigenvalue weighted by Gasteiger charge is 2.24. The normalized spacial score (nSPS) is 20.2. The van der Waals surface area contributed by atoms with Gasteiger partial charge in [0.1, 0.15) is 18.0 Å². The van der Waals surface area contributed by atoms with E-state index in [1.807, 2.05) is 6.92 Å². The summed E-state index contributed by atoms with van der Waals surface area (Å²) in [7, 11) is 0. The van der Waals surface area contributed by atoms with E-state index in [0.717, 1.165) is 30.9 Å². The largest absolute Gasteiger partial charge is 0.396 e. The van der Waals surface area contributed by atoms with Gasteiger partial charge in [-0.1, -0.05) is 0 Å². The van der Waals surface area contributed by atoms with Gasteiger partial charge in [0.05, 0.1) is 0 Å². The lowest BCUT2D eigenvalue weighted by Gasteiger charge is -2.20. The van der Waals surface area contributed by atoms with Crippen molar-refractivity contribution >= 4 is 11.6 Å². The van der Waals surface area contributed by atoms with Gasteiger partial charge >= 0.3 is 0 Å². The molecule has 2 rings (SSSR count). The second kappa shape index (κ2) is 4.63. The summed E-state index contributed by atoms with van der Waals surface area (Å²) in [4.78, 5) is 10.5. The van der Waals surface area contributed by atoms with Crippen molar-refractivity contribution in [2.75, 3.05) is 30.0 Å². The van der Waals surface area contributed by atoms with E-state index >= 15 is 0 Å². The molecular weight excluding hydrogens is 206 g/mol. The molecule has 1 aromatic rings. The molecule has 4 N–H and O–H groups in total. The predicted molar refractivity (Wildman–Crippen MR) is 62.0 cm³/mol. The predicted octanol–water partition coefficient (Wildman–Crippen LogP) is -0.111. The number of nitrogens with two attached hydrogens (primary N) is 1. The van der Waals surface area contributed by atoms with Crippen molar-refractivity contribution in [3.8, 4) is 0 Å². The SMILES string of the molecule is Cc1c(NN)ncnc1N1CCC(CO)C1. The molecule has 88 valence electrons. The first-order valence-electron chi connectivity index (χ1n) is 5.40. The van der Waals surface area contributed by atoms with Crippen LogP contribution in [0.3, 0.4) is 0 Å². The minimum Gasteiger partial charge on any atom is -0.396 e. The topological polar surface area (TPSA) is 87.3 Å². The van der Waals surface area contributed by atoms with E-state index in [2.05, 4.69) is 20.3 Å². The Morgan fingerprint density at radius 1 is 1.62 bits per heavy atom. The van der Waals surface area contributed by atoms with Crippen molar-refractivity contribution in [2.45, 2.75) is 13.3 Å². The molecule has 1 unspecified atom stereocenters. The number of hydrogen-bond donors (Lipinski definition) is 3. The molecule has 1 fully saturated rings. The highest BCUT2D eigenvalue weighted by atomic mass is 16.3. The molecular formula is C10H17N5O. The van der Waals surface area contributed by atoms with Crippen LogP contribution in [-0.2, 0) is 0 Å². The first-order chi connectivity index (χ1) is 7.76. The average Bonchev–Trinajstić information content (AvgIpc) is 2.78. The Morgan fingerprint density at radius 2 is 2.44 bits per heavy atom. The summed E-state index contributed by atoms with van der Waals surface area (Å²) >= 11 is 0. The molecule has 6 heteroatoms. The standard InChI is InChI=1S/C10H17N5O/c1-7-9(14-11)12-6-13-10(7)15-3-2-8(4-15)5-16/h6,8,16H,2-5,11H2,1H3,(H,12,13,14). The molecule has 6 nitrogen and oxygen atoms in total. The summed E-state index contributed by atoms with van der Waals surface area (Å²) in [5.41, 5.74) is 3.50. The maximum absolute atomic E-state index is 9.11. The Kier molecular flexibility index (Phi) is 3.21. The zero-order chi connectivity index (χ0) is 11.5. The van der Waals surface area contributed by atoms with Crippen molar-refractivity contribution in [2.24, 2.45) is 11.8 Å². The molecule has 1 saturated heterocycles. The van der Waals surface area contributed by atoms with Gasteiger partial charge in [0, 0.05) is 31.2 Å². The summed E-state index contributed by atoms with van der Waals surface area (Å²) < 4.78 is 0. The Bertz CT molecular complexity index is 370. The fourth-order valence-corrected chi connectivity index (χ4v) is 2.08. The molecule has 1 atom stereocenters. The maximum Gasteiger partial charge on any atom is 0.148 e. The first kappa shape index (κ1) is 11.1. The van der Waals surface area contributed by atoms with Gasteiger partial charge in [-0.25, -0.2) is 15.8 Å². The van der Waals surface area contributed by atoms with Gasteiger partial charge in [0.2, 0.25) is 0 Å². The average molecular weight is 223 g/mol. The summed E-state index contributed by atoms with van der Waals surface area (Å²) in [5.74, 6) is 7.28. The molecule has 1 aromatic heterocycles. The monoisotopic (exact) mass is 223 g/mol. The molecule has 0 saturated carbocycles. The van der Waals surface area contributed by atoms with Crippen LogP contribution in [0.4, 0.5) is 11.6 Å². The lowest BCUT2D eigenvalue weighted by molar-refractivity contribution is 0.238. The summed E-state index contributed by atoms with van der Waals surface area (Å²) in [6, 6.07) is 0. The fourth-order valence-electron chi connectivity index (χ4n) is 2.08. The molecule has 1 aliphatic rings. The minimum absolute atomic E-state index is 0.239. The number of anilines is 2. The Morgan fingerprint density at radius 3 is 3.06 bits per heavy atom. The number of aliphatic hydroxyl groups excluding tert-OH is 1. The van der Waals surface area contributed by atoms with Crippen molar-refractivity contribution in [3.05, 3.63) is 11.9 Å². The van der Waals surface area contributed by atoms with Gasteiger partial charge in [0.25, 0.3) is 0 Å². The molecule has 0 aromatic carbocycles. The van der Waals surface area contributed by atoms with E-state index in [-0.39, 0.29) is 6.61 Å². The number of nitrogens with zero attached hydrogens (tertiary/aromatic N) is 3. The second-order valence-electron chi connectivity index (χ2n) is 4.10. The van der Waals surface area contributed by atoms with E-state index < -0.39 is 0 Å². The number of hydrazine groups is 1. The van der Waals surface area contributed by atoms with Gasteiger partial charge in [-0.2, -0.15) is 0 Å². The number of nitrogens with one attached hydrogen (secondary N) is 1. The van der Waals surface area contributed by atoms with E-state index in [1.165, 1.54) is 6.33 Å². The minimum atomic E-state index is 0.239. The first-order valence-corrected chi connectivity index (χ1v) is 5.40. The van der Waals surface area contributed by atoms with Gasteiger partial charge in [-0.3, -0.25) is 0 Å². The van der Waals surface area contributed by atoms with Crippen LogP contribution in [0.1, 0.15) is 12.0 Å². The van der Waals surface area contributed by atoms with Crippen LogP contribution in [0, 0.1) is 12.8 Å². The number of rotatable bonds is 3. The molecule has 0 aliphatic carbocycles. The van der Waals surface area contributed by atoms with Crippen LogP contribution in [0.25, 0.3) is 0 Å². The Labute approximate surface area is 94.5 Å². The Balaban J connectivity index is 2.21. The van der Waals surface area contributed by atoms with Crippen molar-refractivity contribution < 1.29 is 5.11 Å².